The number of aromatic nitrogens is 2. The molecule has 0 aliphatic heterocycles. The molecule has 3 nitrogen and oxygen atoms in total. The molecule has 0 bridgehead atoms. The molecule has 3 aromatic rings. The van der Waals surface area contributed by atoms with Gasteiger partial charge in [-0.15, -0.1) is 0 Å². The molecule has 2 N–H and O–H groups in total. The summed E-state index contributed by atoms with van der Waals surface area (Å²) in [6.45, 7) is 0. The summed E-state index contributed by atoms with van der Waals surface area (Å²) in [5.41, 5.74) is 9.08. The Bertz CT molecular complexity index is 772. The zero-order chi connectivity index (χ0) is 14.8. The van der Waals surface area contributed by atoms with E-state index in [2.05, 4.69) is 47.9 Å². The monoisotopic (exact) mass is 405 g/mol. The van der Waals surface area contributed by atoms with Gasteiger partial charge in [-0.1, -0.05) is 18.2 Å². The number of halogens is 2. The zero-order valence-corrected chi connectivity index (χ0v) is 14.3. The maximum absolute atomic E-state index is 6.31. The van der Waals surface area contributed by atoms with Gasteiger partial charge in [-0.25, -0.2) is 4.98 Å². The van der Waals surface area contributed by atoms with E-state index in [0.717, 1.165) is 31.2 Å². The molecule has 0 saturated carbocycles. The average Bonchev–Trinajstić information content (AvgIpc) is 2.49. The highest BCUT2D eigenvalue weighted by Gasteiger charge is 2.14. The second kappa shape index (κ2) is 6.22. The lowest BCUT2D eigenvalue weighted by Gasteiger charge is -2.13. The van der Waals surface area contributed by atoms with Gasteiger partial charge in [0.15, 0.2) is 0 Å². The van der Waals surface area contributed by atoms with Crippen molar-refractivity contribution in [3.05, 3.63) is 69.0 Å². The van der Waals surface area contributed by atoms with Crippen LogP contribution < -0.4 is 5.73 Å². The van der Waals surface area contributed by atoms with E-state index in [-0.39, 0.29) is 6.04 Å². The molecule has 0 spiro atoms. The molecule has 5 heteroatoms. The number of nitrogens with zero attached hydrogens (tertiary/aromatic N) is 2. The number of nitrogens with two attached hydrogens (primary N) is 1. The maximum atomic E-state index is 6.31. The van der Waals surface area contributed by atoms with E-state index in [1.54, 1.807) is 6.20 Å². The number of hydrogen-bond donors (Lipinski definition) is 1. The molecule has 1 aromatic carbocycles. The standard InChI is InChI=1S/C16H13Br2N3/c17-11-5-6-12(20-9-11)8-14(19)16-13(18)7-10-3-1-2-4-15(10)21-16/h1-7,9,14H,8,19H2. The van der Waals surface area contributed by atoms with E-state index in [1.807, 2.05) is 36.4 Å². The molecule has 2 aromatic heterocycles. The Hall–Kier alpha value is -1.30. The van der Waals surface area contributed by atoms with Crippen molar-refractivity contribution in [3.63, 3.8) is 0 Å². The lowest BCUT2D eigenvalue weighted by molar-refractivity contribution is 0.683. The van der Waals surface area contributed by atoms with Gasteiger partial charge in [-0.2, -0.15) is 0 Å². The fourth-order valence-electron chi connectivity index (χ4n) is 2.21. The van der Waals surface area contributed by atoms with Crippen LogP contribution in [0.15, 0.2) is 57.6 Å². The molecule has 0 radical (unpaired) electrons. The minimum atomic E-state index is -0.197. The smallest absolute Gasteiger partial charge is 0.0724 e. The maximum Gasteiger partial charge on any atom is 0.0724 e. The van der Waals surface area contributed by atoms with Crippen LogP contribution in [0.3, 0.4) is 0 Å². The minimum Gasteiger partial charge on any atom is -0.322 e. The molecule has 106 valence electrons. The molecule has 0 amide bonds. The summed E-state index contributed by atoms with van der Waals surface area (Å²) in [7, 11) is 0. The highest BCUT2D eigenvalue weighted by Crippen LogP contribution is 2.26. The molecule has 0 aliphatic carbocycles. The largest absolute Gasteiger partial charge is 0.322 e. The predicted molar refractivity (Wildman–Crippen MR) is 92.0 cm³/mol. The highest BCUT2D eigenvalue weighted by atomic mass is 79.9. The predicted octanol–water partition coefficient (Wildman–Crippen LogP) is 4.40. The average molecular weight is 407 g/mol. The zero-order valence-electron chi connectivity index (χ0n) is 11.1. The quantitative estimate of drug-likeness (QED) is 0.701. The summed E-state index contributed by atoms with van der Waals surface area (Å²) in [5.74, 6) is 0. The van der Waals surface area contributed by atoms with E-state index in [9.17, 15) is 0 Å². The van der Waals surface area contributed by atoms with Gasteiger partial charge < -0.3 is 5.73 Å². The first kappa shape index (κ1) is 14.6. The summed E-state index contributed by atoms with van der Waals surface area (Å²) in [5, 5.41) is 1.10. The number of hydrogen-bond acceptors (Lipinski definition) is 3. The number of benzene rings is 1. The van der Waals surface area contributed by atoms with Crippen LogP contribution in [0.1, 0.15) is 17.4 Å². The van der Waals surface area contributed by atoms with Gasteiger partial charge >= 0.3 is 0 Å². The Labute approximate surface area is 139 Å². The SMILES string of the molecule is NC(Cc1ccc(Br)cn1)c1nc2ccccc2cc1Br. The van der Waals surface area contributed by atoms with Crippen molar-refractivity contribution in [1.29, 1.82) is 0 Å². The first-order valence-electron chi connectivity index (χ1n) is 6.54. The molecule has 21 heavy (non-hydrogen) atoms. The molecule has 2 heterocycles. The van der Waals surface area contributed by atoms with Gasteiger partial charge in [0.2, 0.25) is 0 Å². The third kappa shape index (κ3) is 3.31. The van der Waals surface area contributed by atoms with Crippen molar-refractivity contribution in [2.24, 2.45) is 5.73 Å². The van der Waals surface area contributed by atoms with Crippen molar-refractivity contribution in [3.8, 4) is 0 Å². The van der Waals surface area contributed by atoms with Gasteiger partial charge in [0, 0.05) is 32.6 Å². The van der Waals surface area contributed by atoms with Crippen molar-refractivity contribution in [1.82, 2.24) is 9.97 Å². The molecule has 0 saturated heterocycles. The third-order valence-corrected chi connectivity index (χ3v) is 4.38. The van der Waals surface area contributed by atoms with Gasteiger partial charge in [0.25, 0.3) is 0 Å². The molecule has 1 unspecified atom stereocenters. The topological polar surface area (TPSA) is 51.8 Å². The second-order valence-electron chi connectivity index (χ2n) is 4.83. The van der Waals surface area contributed by atoms with Crippen molar-refractivity contribution in [2.75, 3.05) is 0 Å². The first-order valence-corrected chi connectivity index (χ1v) is 8.13. The lowest BCUT2D eigenvalue weighted by Crippen LogP contribution is -2.16. The summed E-state index contributed by atoms with van der Waals surface area (Å²) in [6, 6.07) is 13.8. The fourth-order valence-corrected chi connectivity index (χ4v) is 3.08. The van der Waals surface area contributed by atoms with Crippen LogP contribution in [0, 0.1) is 0 Å². The van der Waals surface area contributed by atoms with E-state index in [4.69, 9.17) is 5.73 Å². The fraction of sp³-hybridized carbons (Fsp3) is 0.125. The van der Waals surface area contributed by atoms with E-state index in [1.165, 1.54) is 0 Å². The van der Waals surface area contributed by atoms with E-state index in [0.29, 0.717) is 6.42 Å². The van der Waals surface area contributed by atoms with Crippen LogP contribution in [0.4, 0.5) is 0 Å². The van der Waals surface area contributed by atoms with Gasteiger partial charge in [-0.3, -0.25) is 4.98 Å². The lowest BCUT2D eigenvalue weighted by atomic mass is 10.1. The first-order chi connectivity index (χ1) is 10.1. The van der Waals surface area contributed by atoms with Gasteiger partial charge in [0.05, 0.1) is 17.3 Å². The number of para-hydroxylation sites is 1. The van der Waals surface area contributed by atoms with Crippen LogP contribution in [0.25, 0.3) is 10.9 Å². The third-order valence-electron chi connectivity index (χ3n) is 3.27. The molecular weight excluding hydrogens is 394 g/mol. The molecular formula is C16H13Br2N3. The number of pyridine rings is 2. The van der Waals surface area contributed by atoms with Crippen LogP contribution >= 0.6 is 31.9 Å². The second-order valence-corrected chi connectivity index (χ2v) is 6.60. The van der Waals surface area contributed by atoms with E-state index >= 15 is 0 Å². The van der Waals surface area contributed by atoms with E-state index < -0.39 is 0 Å². The summed E-state index contributed by atoms with van der Waals surface area (Å²) >= 11 is 6.95. The van der Waals surface area contributed by atoms with Crippen LogP contribution in [-0.4, -0.2) is 9.97 Å². The number of fused-ring (bicyclic) bond motifs is 1. The van der Waals surface area contributed by atoms with Crippen LogP contribution in [0.5, 0.6) is 0 Å². The highest BCUT2D eigenvalue weighted by molar-refractivity contribution is 9.10. The number of rotatable bonds is 3. The van der Waals surface area contributed by atoms with Crippen molar-refractivity contribution in [2.45, 2.75) is 12.5 Å². The Morgan fingerprint density at radius 1 is 1.10 bits per heavy atom. The molecule has 0 aliphatic rings. The van der Waals surface area contributed by atoms with Crippen LogP contribution in [-0.2, 0) is 6.42 Å². The minimum absolute atomic E-state index is 0.197. The Morgan fingerprint density at radius 2 is 1.90 bits per heavy atom. The normalized spacial score (nSPS) is 12.5. The summed E-state index contributed by atoms with van der Waals surface area (Å²) < 4.78 is 1.90. The Kier molecular flexibility index (Phi) is 4.33. The van der Waals surface area contributed by atoms with Gasteiger partial charge in [0.1, 0.15) is 0 Å². The Morgan fingerprint density at radius 3 is 2.67 bits per heavy atom. The summed E-state index contributed by atoms with van der Waals surface area (Å²) in [6.07, 6.45) is 2.43. The van der Waals surface area contributed by atoms with Gasteiger partial charge in [-0.05, 0) is 56.1 Å². The van der Waals surface area contributed by atoms with Crippen molar-refractivity contribution >= 4 is 42.8 Å². The Balaban J connectivity index is 1.91. The summed E-state index contributed by atoms with van der Waals surface area (Å²) in [4.78, 5) is 9.05. The van der Waals surface area contributed by atoms with Crippen LogP contribution in [0.2, 0.25) is 0 Å². The molecule has 1 atom stereocenters. The molecule has 3 rings (SSSR count). The van der Waals surface area contributed by atoms with Crippen molar-refractivity contribution < 1.29 is 0 Å². The molecule has 0 fully saturated rings.